The van der Waals surface area contributed by atoms with E-state index in [1.165, 1.54) is 0 Å². The zero-order chi connectivity index (χ0) is 14.4. The molecule has 110 valence electrons. The van der Waals surface area contributed by atoms with Crippen LogP contribution in [0.15, 0.2) is 24.3 Å². The zero-order valence-corrected chi connectivity index (χ0v) is 12.0. The van der Waals surface area contributed by atoms with Crippen LogP contribution < -0.4 is 10.1 Å². The fourth-order valence-corrected chi connectivity index (χ4v) is 2.23. The molecule has 0 spiro atoms. The van der Waals surface area contributed by atoms with Gasteiger partial charge in [-0.2, -0.15) is 0 Å². The summed E-state index contributed by atoms with van der Waals surface area (Å²) in [6.45, 7) is 2.55. The van der Waals surface area contributed by atoms with E-state index in [0.717, 1.165) is 18.7 Å². The van der Waals surface area contributed by atoms with Crippen LogP contribution in [-0.2, 0) is 4.79 Å². The Morgan fingerprint density at radius 3 is 2.85 bits per heavy atom. The van der Waals surface area contributed by atoms with E-state index in [0.29, 0.717) is 31.3 Å². The number of hydrogen-bond donors (Lipinski definition) is 2. The fourth-order valence-electron chi connectivity index (χ4n) is 2.10. The molecule has 0 unspecified atom stereocenters. The van der Waals surface area contributed by atoms with Gasteiger partial charge in [-0.25, -0.2) is 0 Å². The summed E-state index contributed by atoms with van der Waals surface area (Å²) in [6.07, 6.45) is 0.448. The highest BCUT2D eigenvalue weighted by Gasteiger charge is 2.21. The molecule has 1 atom stereocenters. The van der Waals surface area contributed by atoms with Gasteiger partial charge in [0.05, 0.1) is 19.2 Å². The molecule has 0 aliphatic carbocycles. The maximum absolute atomic E-state index is 11.7. The molecular weight excluding hydrogens is 280 g/mol. The average molecular weight is 299 g/mol. The molecule has 1 aliphatic heterocycles. The second kappa shape index (κ2) is 7.47. The monoisotopic (exact) mass is 298 g/mol. The number of aliphatic hydroxyl groups is 1. The molecule has 1 heterocycles. The Morgan fingerprint density at radius 2 is 2.20 bits per heavy atom. The van der Waals surface area contributed by atoms with Gasteiger partial charge in [-0.1, -0.05) is 11.6 Å². The van der Waals surface area contributed by atoms with Crippen LogP contribution in [0, 0.1) is 0 Å². The molecule has 2 rings (SSSR count). The van der Waals surface area contributed by atoms with E-state index in [1.54, 1.807) is 24.3 Å². The first-order chi connectivity index (χ1) is 9.63. The predicted molar refractivity (Wildman–Crippen MR) is 77.0 cm³/mol. The normalized spacial score (nSPS) is 19.0. The Labute approximate surface area is 123 Å². The van der Waals surface area contributed by atoms with Gasteiger partial charge in [-0.05, 0) is 30.7 Å². The molecular formula is C14H19ClN2O3. The second-order valence-electron chi connectivity index (χ2n) is 4.83. The molecule has 0 bridgehead atoms. The number of β-amino-alcohol motifs (C(OH)–C–C–N with tert-alkyl or cyclic N) is 1. The minimum Gasteiger partial charge on any atom is -0.492 e. The summed E-state index contributed by atoms with van der Waals surface area (Å²) in [5.74, 6) is 0.685. The fraction of sp³-hybridized carbons (Fsp3) is 0.500. The summed E-state index contributed by atoms with van der Waals surface area (Å²) in [6, 6.07) is 7.09. The molecule has 0 radical (unpaired) electrons. The quantitative estimate of drug-likeness (QED) is 0.766. The van der Waals surface area contributed by atoms with Crippen LogP contribution in [0.4, 0.5) is 0 Å². The highest BCUT2D eigenvalue weighted by atomic mass is 35.5. The molecule has 0 saturated carbocycles. The van der Waals surface area contributed by atoms with Gasteiger partial charge in [0.25, 0.3) is 0 Å². The highest BCUT2D eigenvalue weighted by Crippen LogP contribution is 2.15. The molecule has 1 saturated heterocycles. The lowest BCUT2D eigenvalue weighted by Gasteiger charge is -2.14. The van der Waals surface area contributed by atoms with Crippen molar-refractivity contribution in [2.45, 2.75) is 12.5 Å². The standard InChI is InChI=1S/C14H19ClN2O3/c15-11-1-3-13(4-2-11)20-8-6-16-14(19)10-17-7-5-12(18)9-17/h1-4,12,18H,5-10H2,(H,16,19)/t12-/m0/s1. The molecule has 6 heteroatoms. The maximum atomic E-state index is 11.7. The van der Waals surface area contributed by atoms with Crippen LogP contribution in [-0.4, -0.2) is 54.8 Å². The van der Waals surface area contributed by atoms with E-state index in [1.807, 2.05) is 4.90 Å². The number of benzene rings is 1. The lowest BCUT2D eigenvalue weighted by Crippen LogP contribution is -2.38. The molecule has 1 amide bonds. The minimum absolute atomic E-state index is 0.0428. The number of halogens is 1. The summed E-state index contributed by atoms with van der Waals surface area (Å²) in [5.41, 5.74) is 0. The van der Waals surface area contributed by atoms with Crippen LogP contribution in [0.5, 0.6) is 5.75 Å². The SMILES string of the molecule is O=C(CN1CC[C@H](O)C1)NCCOc1ccc(Cl)cc1. The molecule has 1 aromatic rings. The summed E-state index contributed by atoms with van der Waals surface area (Å²) in [7, 11) is 0. The van der Waals surface area contributed by atoms with Crippen molar-refractivity contribution in [2.24, 2.45) is 0 Å². The Balaban J connectivity index is 1.58. The first kappa shape index (κ1) is 15.1. The predicted octanol–water partition coefficient (Wildman–Crippen LogP) is 0.902. The van der Waals surface area contributed by atoms with Gasteiger partial charge in [-0.15, -0.1) is 0 Å². The van der Waals surface area contributed by atoms with Gasteiger partial charge in [0, 0.05) is 18.1 Å². The van der Waals surface area contributed by atoms with E-state index in [2.05, 4.69) is 5.32 Å². The third kappa shape index (κ3) is 5.00. The molecule has 1 aromatic carbocycles. The number of likely N-dealkylation sites (tertiary alicyclic amines) is 1. The van der Waals surface area contributed by atoms with E-state index in [4.69, 9.17) is 16.3 Å². The van der Waals surface area contributed by atoms with Crippen molar-refractivity contribution < 1.29 is 14.6 Å². The van der Waals surface area contributed by atoms with Gasteiger partial charge in [0.2, 0.25) is 5.91 Å². The van der Waals surface area contributed by atoms with Gasteiger partial charge in [-0.3, -0.25) is 9.69 Å². The number of carbonyl (C=O) groups is 1. The number of rotatable bonds is 6. The van der Waals surface area contributed by atoms with Crippen molar-refractivity contribution in [1.82, 2.24) is 10.2 Å². The first-order valence-electron chi connectivity index (χ1n) is 6.69. The molecule has 2 N–H and O–H groups in total. The number of aliphatic hydroxyl groups excluding tert-OH is 1. The average Bonchev–Trinajstić information content (AvgIpc) is 2.82. The number of nitrogens with one attached hydrogen (secondary N) is 1. The third-order valence-corrected chi connectivity index (χ3v) is 3.37. The highest BCUT2D eigenvalue weighted by molar-refractivity contribution is 6.30. The number of amides is 1. The Kier molecular flexibility index (Phi) is 5.64. The van der Waals surface area contributed by atoms with Crippen molar-refractivity contribution in [2.75, 3.05) is 32.8 Å². The minimum atomic E-state index is -0.295. The van der Waals surface area contributed by atoms with E-state index >= 15 is 0 Å². The van der Waals surface area contributed by atoms with E-state index < -0.39 is 0 Å². The molecule has 0 aromatic heterocycles. The summed E-state index contributed by atoms with van der Waals surface area (Å²) in [5, 5.41) is 12.8. The van der Waals surface area contributed by atoms with Gasteiger partial charge < -0.3 is 15.2 Å². The molecule has 1 fully saturated rings. The lowest BCUT2D eigenvalue weighted by molar-refractivity contribution is -0.122. The third-order valence-electron chi connectivity index (χ3n) is 3.12. The smallest absolute Gasteiger partial charge is 0.234 e. The van der Waals surface area contributed by atoms with E-state index in [-0.39, 0.29) is 12.0 Å². The first-order valence-corrected chi connectivity index (χ1v) is 7.07. The second-order valence-corrected chi connectivity index (χ2v) is 5.27. The van der Waals surface area contributed by atoms with Crippen molar-refractivity contribution in [3.05, 3.63) is 29.3 Å². The van der Waals surface area contributed by atoms with Crippen LogP contribution in [0.2, 0.25) is 5.02 Å². The Hall–Kier alpha value is -1.30. The van der Waals surface area contributed by atoms with E-state index in [9.17, 15) is 9.90 Å². The van der Waals surface area contributed by atoms with Crippen LogP contribution in [0.1, 0.15) is 6.42 Å². The number of nitrogens with zero attached hydrogens (tertiary/aromatic N) is 1. The molecule has 5 nitrogen and oxygen atoms in total. The van der Waals surface area contributed by atoms with Gasteiger partial charge in [0.15, 0.2) is 0 Å². The lowest BCUT2D eigenvalue weighted by atomic mass is 10.3. The topological polar surface area (TPSA) is 61.8 Å². The number of carbonyl (C=O) groups excluding carboxylic acids is 1. The van der Waals surface area contributed by atoms with Gasteiger partial charge >= 0.3 is 0 Å². The Morgan fingerprint density at radius 1 is 1.45 bits per heavy atom. The van der Waals surface area contributed by atoms with Crippen LogP contribution in [0.3, 0.4) is 0 Å². The Bertz CT molecular complexity index is 439. The zero-order valence-electron chi connectivity index (χ0n) is 11.2. The summed E-state index contributed by atoms with van der Waals surface area (Å²) in [4.78, 5) is 13.6. The van der Waals surface area contributed by atoms with Crippen LogP contribution >= 0.6 is 11.6 Å². The summed E-state index contributed by atoms with van der Waals surface area (Å²) >= 11 is 5.77. The van der Waals surface area contributed by atoms with Crippen molar-refractivity contribution in [3.63, 3.8) is 0 Å². The van der Waals surface area contributed by atoms with Crippen LogP contribution in [0.25, 0.3) is 0 Å². The number of hydrogen-bond acceptors (Lipinski definition) is 4. The van der Waals surface area contributed by atoms with Crippen molar-refractivity contribution in [1.29, 1.82) is 0 Å². The summed E-state index contributed by atoms with van der Waals surface area (Å²) < 4.78 is 5.47. The largest absolute Gasteiger partial charge is 0.492 e. The number of ether oxygens (including phenoxy) is 1. The molecule has 1 aliphatic rings. The van der Waals surface area contributed by atoms with Gasteiger partial charge in [0.1, 0.15) is 12.4 Å². The van der Waals surface area contributed by atoms with Crippen molar-refractivity contribution >= 4 is 17.5 Å². The van der Waals surface area contributed by atoms with Crippen molar-refractivity contribution in [3.8, 4) is 5.75 Å². The molecule has 20 heavy (non-hydrogen) atoms. The maximum Gasteiger partial charge on any atom is 0.234 e.